The Labute approximate surface area is 178 Å². The molecule has 0 saturated carbocycles. The van der Waals surface area contributed by atoms with Gasteiger partial charge in [-0.2, -0.15) is 0 Å². The van der Waals surface area contributed by atoms with Crippen molar-refractivity contribution in [3.63, 3.8) is 0 Å². The first-order valence-corrected chi connectivity index (χ1v) is 9.70. The maximum Gasteiger partial charge on any atom is 0.573 e. The van der Waals surface area contributed by atoms with Crippen LogP contribution in [0.4, 0.5) is 23.7 Å². The van der Waals surface area contributed by atoms with Crippen LogP contribution in [0.5, 0.6) is 5.75 Å². The first kappa shape index (κ1) is 25.1. The van der Waals surface area contributed by atoms with E-state index in [-0.39, 0.29) is 18.8 Å². The Morgan fingerprint density at radius 1 is 1.16 bits per heavy atom. The van der Waals surface area contributed by atoms with Crippen molar-refractivity contribution in [2.75, 3.05) is 52.7 Å². The largest absolute Gasteiger partial charge is 0.573 e. The molecule has 1 heterocycles. The van der Waals surface area contributed by atoms with Gasteiger partial charge in [0.25, 0.3) is 0 Å². The first-order chi connectivity index (χ1) is 14.5. The van der Waals surface area contributed by atoms with E-state index in [2.05, 4.69) is 15.4 Å². The molecule has 0 aliphatic carbocycles. The summed E-state index contributed by atoms with van der Waals surface area (Å²) in [5, 5.41) is 25.1. The minimum Gasteiger partial charge on any atom is -0.406 e. The van der Waals surface area contributed by atoms with Crippen molar-refractivity contribution >= 4 is 11.7 Å². The molecule has 0 unspecified atom stereocenters. The molecule has 1 aliphatic rings. The molecule has 176 valence electrons. The van der Waals surface area contributed by atoms with Crippen LogP contribution in [0, 0.1) is 0 Å². The van der Waals surface area contributed by atoms with Crippen LogP contribution in [0.25, 0.3) is 0 Å². The molecule has 1 fully saturated rings. The van der Waals surface area contributed by atoms with Gasteiger partial charge in [-0.1, -0.05) is 0 Å². The Morgan fingerprint density at radius 2 is 1.81 bits per heavy atom. The molecule has 4 N–H and O–H groups in total. The number of hydrogen-bond donors (Lipinski definition) is 4. The van der Waals surface area contributed by atoms with E-state index in [0.29, 0.717) is 6.54 Å². The van der Waals surface area contributed by atoms with E-state index in [9.17, 15) is 28.2 Å². The topological polar surface area (TPSA) is 107 Å². The van der Waals surface area contributed by atoms with Crippen LogP contribution in [-0.4, -0.2) is 104 Å². The summed E-state index contributed by atoms with van der Waals surface area (Å²) in [5.74, 6) is -0.398. The summed E-state index contributed by atoms with van der Waals surface area (Å²) in [6.45, 7) is 1.10. The quantitative estimate of drug-likeness (QED) is 0.439. The second-order valence-electron chi connectivity index (χ2n) is 7.57. The van der Waals surface area contributed by atoms with Gasteiger partial charge in [-0.3, -0.25) is 4.90 Å². The summed E-state index contributed by atoms with van der Waals surface area (Å²) < 4.78 is 46.1. The number of nitrogens with one attached hydrogen (secondary N) is 2. The van der Waals surface area contributed by atoms with E-state index in [1.54, 1.807) is 0 Å². The van der Waals surface area contributed by atoms with Crippen LogP contribution in [0.3, 0.4) is 0 Å². The minimum atomic E-state index is -4.79. The number of likely N-dealkylation sites (N-methyl/N-ethyl adjacent to an activating group) is 2. The average Bonchev–Trinajstić information content (AvgIpc) is 3.00. The molecule has 0 bridgehead atoms. The highest BCUT2D eigenvalue weighted by molar-refractivity contribution is 5.89. The number of amides is 2. The molecule has 4 atom stereocenters. The molecule has 0 spiro atoms. The fourth-order valence-corrected chi connectivity index (χ4v) is 3.31. The summed E-state index contributed by atoms with van der Waals surface area (Å²) in [5.41, 5.74) is 0.271. The molecule has 1 aromatic carbocycles. The molecule has 12 heteroatoms. The smallest absolute Gasteiger partial charge is 0.406 e. The van der Waals surface area contributed by atoms with Crippen LogP contribution in [-0.2, 0) is 4.74 Å². The lowest BCUT2D eigenvalue weighted by atomic mass is 10.0. The van der Waals surface area contributed by atoms with Gasteiger partial charge in [-0.25, -0.2) is 4.79 Å². The number of nitrogens with zero attached hydrogens (tertiary/aromatic N) is 2. The van der Waals surface area contributed by atoms with Crippen LogP contribution in [0.2, 0.25) is 0 Å². The predicted molar refractivity (Wildman–Crippen MR) is 107 cm³/mol. The third-order valence-corrected chi connectivity index (χ3v) is 4.86. The molecule has 1 saturated heterocycles. The van der Waals surface area contributed by atoms with Gasteiger partial charge >= 0.3 is 12.4 Å². The third kappa shape index (κ3) is 7.82. The molecule has 9 nitrogen and oxygen atoms in total. The standard InChI is InChI=1S/C19H29F3N4O5/c1-25(2)8-9-26(3)16-14(30-15(11-27)17(16)28)10-23-18(29)24-12-4-6-13(7-5-12)31-19(20,21)22/h4-7,14-17,27-28H,8-11H2,1-3H3,(H2,23,24,29)/t14-,15+,16+,17-/m1/s1. The van der Waals surface area contributed by atoms with Crippen molar-refractivity contribution in [2.24, 2.45) is 0 Å². The molecular weight excluding hydrogens is 421 g/mol. The monoisotopic (exact) mass is 450 g/mol. The number of alkyl halides is 3. The second-order valence-corrected chi connectivity index (χ2v) is 7.57. The summed E-state index contributed by atoms with van der Waals surface area (Å²) in [6.07, 6.45) is -7.04. The van der Waals surface area contributed by atoms with Crippen molar-refractivity contribution in [1.29, 1.82) is 0 Å². The lowest BCUT2D eigenvalue weighted by molar-refractivity contribution is -0.274. The number of aliphatic hydroxyl groups is 2. The predicted octanol–water partition coefficient (Wildman–Crippen LogP) is 0.689. The number of ether oxygens (including phenoxy) is 2. The van der Waals surface area contributed by atoms with E-state index >= 15 is 0 Å². The normalized spacial score (nSPS) is 23.9. The highest BCUT2D eigenvalue weighted by Gasteiger charge is 2.45. The van der Waals surface area contributed by atoms with E-state index in [4.69, 9.17) is 4.74 Å². The molecule has 2 amide bonds. The van der Waals surface area contributed by atoms with Crippen LogP contribution < -0.4 is 15.4 Å². The number of rotatable bonds is 9. The van der Waals surface area contributed by atoms with Gasteiger partial charge < -0.3 is 35.2 Å². The van der Waals surface area contributed by atoms with Crippen molar-refractivity contribution in [1.82, 2.24) is 15.1 Å². The van der Waals surface area contributed by atoms with Gasteiger partial charge in [0.05, 0.1) is 18.8 Å². The number of aliphatic hydroxyl groups excluding tert-OH is 2. The van der Waals surface area contributed by atoms with Gasteiger partial charge in [-0.05, 0) is 45.4 Å². The Morgan fingerprint density at radius 3 is 2.35 bits per heavy atom. The average molecular weight is 450 g/mol. The van der Waals surface area contributed by atoms with Crippen LogP contribution in [0.1, 0.15) is 0 Å². The SMILES string of the molecule is CN(C)CCN(C)[C@@H]1[C@H](O)[C@H](CO)O[C@@H]1CNC(=O)Nc1ccc(OC(F)(F)F)cc1. The number of benzene rings is 1. The van der Waals surface area contributed by atoms with Crippen molar-refractivity contribution in [3.05, 3.63) is 24.3 Å². The number of urea groups is 1. The van der Waals surface area contributed by atoms with Gasteiger partial charge in [0, 0.05) is 25.3 Å². The summed E-state index contributed by atoms with van der Waals surface area (Å²) in [7, 11) is 5.69. The summed E-state index contributed by atoms with van der Waals surface area (Å²) >= 11 is 0. The fourth-order valence-electron chi connectivity index (χ4n) is 3.31. The van der Waals surface area contributed by atoms with E-state index in [1.807, 2.05) is 30.9 Å². The molecule has 31 heavy (non-hydrogen) atoms. The van der Waals surface area contributed by atoms with E-state index < -0.39 is 42.5 Å². The highest BCUT2D eigenvalue weighted by Crippen LogP contribution is 2.25. The third-order valence-electron chi connectivity index (χ3n) is 4.86. The first-order valence-electron chi connectivity index (χ1n) is 9.70. The number of carbonyl (C=O) groups is 1. The molecule has 1 aromatic rings. The lowest BCUT2D eigenvalue weighted by Gasteiger charge is -2.31. The van der Waals surface area contributed by atoms with E-state index in [0.717, 1.165) is 18.7 Å². The van der Waals surface area contributed by atoms with Crippen LogP contribution >= 0.6 is 0 Å². The Balaban J connectivity index is 1.91. The molecule has 0 radical (unpaired) electrons. The number of halogens is 3. The number of hydrogen-bond acceptors (Lipinski definition) is 7. The molecule has 0 aromatic heterocycles. The van der Waals surface area contributed by atoms with Crippen molar-refractivity contribution in [3.8, 4) is 5.75 Å². The lowest BCUT2D eigenvalue weighted by Crippen LogP contribution is -2.51. The maximum atomic E-state index is 12.2. The second kappa shape index (κ2) is 11.0. The zero-order valence-electron chi connectivity index (χ0n) is 17.6. The maximum absolute atomic E-state index is 12.2. The Hall–Kier alpha value is -2.12. The van der Waals surface area contributed by atoms with Gasteiger partial charge in [0.1, 0.15) is 18.0 Å². The van der Waals surface area contributed by atoms with Crippen molar-refractivity contribution < 1.29 is 37.7 Å². The zero-order chi connectivity index (χ0) is 23.2. The molecule has 1 aliphatic heterocycles. The Bertz CT molecular complexity index is 705. The summed E-state index contributed by atoms with van der Waals surface area (Å²) in [6, 6.07) is 3.69. The number of carbonyl (C=O) groups excluding carboxylic acids is 1. The zero-order valence-corrected chi connectivity index (χ0v) is 17.6. The van der Waals surface area contributed by atoms with E-state index in [1.165, 1.54) is 12.1 Å². The van der Waals surface area contributed by atoms with Gasteiger partial charge in [0.15, 0.2) is 0 Å². The van der Waals surface area contributed by atoms with Crippen LogP contribution in [0.15, 0.2) is 24.3 Å². The van der Waals surface area contributed by atoms with Crippen molar-refractivity contribution in [2.45, 2.75) is 30.7 Å². The minimum absolute atomic E-state index is 0.0611. The molecule has 2 rings (SSSR count). The van der Waals surface area contributed by atoms with Gasteiger partial charge in [-0.15, -0.1) is 13.2 Å². The summed E-state index contributed by atoms with van der Waals surface area (Å²) in [4.78, 5) is 16.1. The molecular formula is C19H29F3N4O5. The van der Waals surface area contributed by atoms with Gasteiger partial charge in [0.2, 0.25) is 0 Å². The number of anilines is 1. The highest BCUT2D eigenvalue weighted by atomic mass is 19.4. The Kier molecular flexibility index (Phi) is 8.89. The fraction of sp³-hybridized carbons (Fsp3) is 0.632.